The molecule has 2 aromatic rings. The zero-order chi connectivity index (χ0) is 18.5. The first-order chi connectivity index (χ1) is 12.6. The molecule has 1 aliphatic rings. The molecule has 0 spiro atoms. The Morgan fingerprint density at radius 1 is 1.35 bits per heavy atom. The normalized spacial score (nSPS) is 17.1. The van der Waals surface area contributed by atoms with Gasteiger partial charge in [0, 0.05) is 12.7 Å². The molecule has 1 aliphatic carbocycles. The van der Waals surface area contributed by atoms with Gasteiger partial charge in [-0.15, -0.1) is 0 Å². The average molecular weight is 355 g/mol. The first-order valence-electron chi connectivity index (χ1n) is 9.35. The van der Waals surface area contributed by atoms with Crippen molar-refractivity contribution in [2.24, 2.45) is 5.92 Å². The first-order valence-corrected chi connectivity index (χ1v) is 9.35. The lowest BCUT2D eigenvalue weighted by atomic mass is 9.91. The van der Waals surface area contributed by atoms with Crippen LogP contribution in [0.1, 0.15) is 31.7 Å². The van der Waals surface area contributed by atoms with Crippen LogP contribution < -0.4 is 10.5 Å². The van der Waals surface area contributed by atoms with Gasteiger partial charge in [-0.3, -0.25) is 0 Å². The van der Waals surface area contributed by atoms with E-state index >= 15 is 0 Å². The van der Waals surface area contributed by atoms with Crippen LogP contribution in [0.3, 0.4) is 0 Å². The van der Waals surface area contributed by atoms with E-state index in [1.807, 2.05) is 6.20 Å². The summed E-state index contributed by atoms with van der Waals surface area (Å²) >= 11 is 0. The summed E-state index contributed by atoms with van der Waals surface area (Å²) in [6, 6.07) is 0.372. The molecule has 140 valence electrons. The maximum absolute atomic E-state index is 6.08. The molecule has 3 N–H and O–H groups in total. The topological polar surface area (TPSA) is 80.1 Å². The molecule has 6 heteroatoms. The summed E-state index contributed by atoms with van der Waals surface area (Å²) in [5.41, 5.74) is 10.3. The highest BCUT2D eigenvalue weighted by atomic mass is 16.5. The monoisotopic (exact) mass is 355 g/mol. The van der Waals surface area contributed by atoms with Gasteiger partial charge in [-0.1, -0.05) is 31.6 Å². The molecule has 0 saturated carbocycles. The number of hydrogen-bond donors (Lipinski definition) is 2. The summed E-state index contributed by atoms with van der Waals surface area (Å²) in [7, 11) is 4.19. The molecular formula is C20H29N5O. The molecule has 6 nitrogen and oxygen atoms in total. The Kier molecular flexibility index (Phi) is 5.93. The number of unbranched alkanes of at least 4 members (excludes halogenated alkanes) is 1. The predicted molar refractivity (Wildman–Crippen MR) is 106 cm³/mol. The Labute approximate surface area is 155 Å². The van der Waals surface area contributed by atoms with Crippen LogP contribution in [0.2, 0.25) is 0 Å². The molecule has 2 aromatic heterocycles. The van der Waals surface area contributed by atoms with Crippen LogP contribution in [0.4, 0.5) is 5.82 Å². The maximum Gasteiger partial charge on any atom is 0.319 e. The van der Waals surface area contributed by atoms with Crippen LogP contribution in [0.15, 0.2) is 30.0 Å². The SMILES string of the molecule is CCCCOc1nc(N)c2[nH]cc(CC3C=CC(CN(C)C)=CC3)c2n1. The Hall–Kier alpha value is -2.34. The van der Waals surface area contributed by atoms with Crippen molar-refractivity contribution in [2.45, 2.75) is 32.6 Å². The van der Waals surface area contributed by atoms with Crippen LogP contribution >= 0.6 is 0 Å². The molecule has 26 heavy (non-hydrogen) atoms. The van der Waals surface area contributed by atoms with Crippen LogP contribution in [-0.4, -0.2) is 47.1 Å². The summed E-state index contributed by atoms with van der Waals surface area (Å²) < 4.78 is 5.66. The zero-order valence-corrected chi connectivity index (χ0v) is 16.0. The summed E-state index contributed by atoms with van der Waals surface area (Å²) in [6.07, 6.45) is 12.9. The summed E-state index contributed by atoms with van der Waals surface area (Å²) in [6.45, 7) is 3.73. The number of likely N-dealkylation sites (N-methyl/N-ethyl adjacent to an activating group) is 1. The number of nitrogens with zero attached hydrogens (tertiary/aromatic N) is 3. The van der Waals surface area contributed by atoms with E-state index in [9.17, 15) is 0 Å². The molecule has 0 bridgehead atoms. The van der Waals surface area contributed by atoms with E-state index < -0.39 is 0 Å². The second-order valence-electron chi connectivity index (χ2n) is 7.21. The molecule has 3 rings (SSSR count). The molecule has 1 atom stereocenters. The third kappa shape index (κ3) is 4.43. The standard InChI is InChI=1S/C20H29N5O/c1-4-5-10-26-20-23-17-16(12-22-18(17)19(21)24-20)11-14-6-8-15(9-7-14)13-25(2)3/h6,8-9,12,14,22H,4-5,7,10-11,13H2,1-3H3,(H2,21,23,24). The quantitative estimate of drug-likeness (QED) is 0.710. The molecular weight excluding hydrogens is 326 g/mol. The van der Waals surface area contributed by atoms with Crippen molar-refractivity contribution < 1.29 is 4.74 Å². The second kappa shape index (κ2) is 8.36. The van der Waals surface area contributed by atoms with E-state index in [4.69, 9.17) is 10.5 Å². The molecule has 2 heterocycles. The van der Waals surface area contributed by atoms with Gasteiger partial charge in [0.15, 0.2) is 5.82 Å². The second-order valence-corrected chi connectivity index (χ2v) is 7.21. The fourth-order valence-corrected chi connectivity index (χ4v) is 3.21. The van der Waals surface area contributed by atoms with Crippen molar-refractivity contribution in [3.05, 3.63) is 35.6 Å². The smallest absolute Gasteiger partial charge is 0.319 e. The van der Waals surface area contributed by atoms with Crippen molar-refractivity contribution in [1.29, 1.82) is 0 Å². The summed E-state index contributed by atoms with van der Waals surface area (Å²) in [5.74, 6) is 0.917. The molecule has 0 radical (unpaired) electrons. The van der Waals surface area contributed by atoms with Crippen molar-refractivity contribution in [2.75, 3.05) is 33.0 Å². The van der Waals surface area contributed by atoms with Gasteiger partial charge in [0.1, 0.15) is 11.0 Å². The molecule has 0 amide bonds. The van der Waals surface area contributed by atoms with Crippen molar-refractivity contribution in [1.82, 2.24) is 19.9 Å². The predicted octanol–water partition coefficient (Wildman–Crippen LogP) is 3.33. The Morgan fingerprint density at radius 2 is 2.19 bits per heavy atom. The number of H-pyrrole nitrogens is 1. The Balaban J connectivity index is 1.72. The van der Waals surface area contributed by atoms with Crippen LogP contribution in [0, 0.1) is 5.92 Å². The first kappa shape index (κ1) is 18.5. The number of anilines is 1. The lowest BCUT2D eigenvalue weighted by molar-refractivity contribution is 0.287. The lowest BCUT2D eigenvalue weighted by Gasteiger charge is -2.18. The number of aromatic nitrogens is 3. The molecule has 0 aliphatic heterocycles. The highest BCUT2D eigenvalue weighted by molar-refractivity contribution is 5.87. The minimum atomic E-state index is 0.372. The summed E-state index contributed by atoms with van der Waals surface area (Å²) in [5, 5.41) is 0. The number of aromatic amines is 1. The largest absolute Gasteiger partial charge is 0.463 e. The number of hydrogen-bond acceptors (Lipinski definition) is 5. The Bertz CT molecular complexity index is 806. The highest BCUT2D eigenvalue weighted by Gasteiger charge is 2.16. The zero-order valence-electron chi connectivity index (χ0n) is 16.0. The van der Waals surface area contributed by atoms with E-state index in [2.05, 4.69) is 59.1 Å². The van der Waals surface area contributed by atoms with E-state index in [1.165, 1.54) is 5.57 Å². The molecule has 0 fully saturated rings. The Morgan fingerprint density at radius 3 is 2.88 bits per heavy atom. The van der Waals surface area contributed by atoms with Crippen molar-refractivity contribution >= 4 is 16.9 Å². The molecule has 1 unspecified atom stereocenters. The summed E-state index contributed by atoms with van der Waals surface area (Å²) in [4.78, 5) is 14.3. The number of rotatable bonds is 8. The lowest BCUT2D eigenvalue weighted by Crippen LogP contribution is -2.16. The van der Waals surface area contributed by atoms with Gasteiger partial charge in [-0.25, -0.2) is 0 Å². The number of nitrogens with two attached hydrogens (primary N) is 1. The van der Waals surface area contributed by atoms with Crippen LogP contribution in [0.5, 0.6) is 6.01 Å². The van der Waals surface area contributed by atoms with Gasteiger partial charge < -0.3 is 20.4 Å². The third-order valence-electron chi connectivity index (χ3n) is 4.59. The number of nitrogen functional groups attached to an aromatic ring is 1. The maximum atomic E-state index is 6.08. The van der Waals surface area contributed by atoms with Gasteiger partial charge in [0.05, 0.1) is 6.61 Å². The fraction of sp³-hybridized carbons (Fsp3) is 0.500. The van der Waals surface area contributed by atoms with Gasteiger partial charge in [0.25, 0.3) is 0 Å². The number of nitrogens with one attached hydrogen (secondary N) is 1. The molecule has 0 aromatic carbocycles. The van der Waals surface area contributed by atoms with Crippen molar-refractivity contribution in [3.63, 3.8) is 0 Å². The minimum absolute atomic E-state index is 0.372. The average Bonchev–Trinajstić information content (AvgIpc) is 3.00. The molecule has 0 saturated heterocycles. The van der Waals surface area contributed by atoms with E-state index in [-0.39, 0.29) is 0 Å². The fourth-order valence-electron chi connectivity index (χ4n) is 3.21. The van der Waals surface area contributed by atoms with Gasteiger partial charge in [-0.2, -0.15) is 9.97 Å². The van der Waals surface area contributed by atoms with Crippen LogP contribution in [-0.2, 0) is 6.42 Å². The highest BCUT2D eigenvalue weighted by Crippen LogP contribution is 2.27. The van der Waals surface area contributed by atoms with E-state index in [1.54, 1.807) is 0 Å². The number of fused-ring (bicyclic) bond motifs is 1. The van der Waals surface area contributed by atoms with Gasteiger partial charge in [0.2, 0.25) is 0 Å². The van der Waals surface area contributed by atoms with E-state index in [0.717, 1.165) is 48.8 Å². The van der Waals surface area contributed by atoms with Gasteiger partial charge >= 0.3 is 6.01 Å². The van der Waals surface area contributed by atoms with Crippen LogP contribution in [0.25, 0.3) is 11.0 Å². The number of ether oxygens (including phenoxy) is 1. The minimum Gasteiger partial charge on any atom is -0.463 e. The van der Waals surface area contributed by atoms with E-state index in [0.29, 0.717) is 24.4 Å². The third-order valence-corrected chi connectivity index (χ3v) is 4.59. The van der Waals surface area contributed by atoms with Crippen molar-refractivity contribution in [3.8, 4) is 6.01 Å². The number of allylic oxidation sites excluding steroid dienone is 2. The van der Waals surface area contributed by atoms with Gasteiger partial charge in [-0.05, 0) is 50.4 Å².